The quantitative estimate of drug-likeness (QED) is 0.827. The van der Waals surface area contributed by atoms with Gasteiger partial charge in [-0.05, 0) is 48.6 Å². The summed E-state index contributed by atoms with van der Waals surface area (Å²) in [6, 6.07) is 10.8. The van der Waals surface area contributed by atoms with Crippen molar-refractivity contribution in [1.29, 1.82) is 0 Å². The molecule has 1 heterocycles. The lowest BCUT2D eigenvalue weighted by molar-refractivity contribution is -0.116. The van der Waals surface area contributed by atoms with E-state index < -0.39 is 0 Å². The summed E-state index contributed by atoms with van der Waals surface area (Å²) in [4.78, 5) is 12.3. The smallest absolute Gasteiger partial charge is 0.225 e. The lowest BCUT2D eigenvalue weighted by atomic mass is 9.86. The molecule has 2 aromatic rings. The topological polar surface area (TPSA) is 46.9 Å². The molecule has 1 unspecified atom stereocenters. The van der Waals surface area contributed by atoms with E-state index in [2.05, 4.69) is 62.4 Å². The largest absolute Gasteiger partial charge is 0.311 e. The molecular formula is C21H29N3O. The summed E-state index contributed by atoms with van der Waals surface area (Å²) in [6.45, 7) is 8.81. The molecule has 3 rings (SSSR count). The minimum absolute atomic E-state index is 0.0460. The van der Waals surface area contributed by atoms with E-state index in [-0.39, 0.29) is 11.3 Å². The van der Waals surface area contributed by atoms with Crippen LogP contribution in [0.5, 0.6) is 0 Å². The van der Waals surface area contributed by atoms with E-state index >= 15 is 0 Å². The van der Waals surface area contributed by atoms with Gasteiger partial charge in [0, 0.05) is 12.5 Å². The van der Waals surface area contributed by atoms with Gasteiger partial charge in [0.1, 0.15) is 5.82 Å². The highest BCUT2D eigenvalue weighted by Crippen LogP contribution is 2.40. The van der Waals surface area contributed by atoms with Crippen molar-refractivity contribution in [1.82, 2.24) is 9.78 Å². The molecular weight excluding hydrogens is 310 g/mol. The number of hydrogen-bond donors (Lipinski definition) is 1. The molecule has 1 saturated carbocycles. The lowest BCUT2D eigenvalue weighted by Gasteiger charge is -2.19. The maximum absolute atomic E-state index is 12.3. The number of rotatable bonds is 6. The first-order valence-corrected chi connectivity index (χ1v) is 9.27. The summed E-state index contributed by atoms with van der Waals surface area (Å²) in [7, 11) is 0. The first-order chi connectivity index (χ1) is 11.8. The molecule has 1 atom stereocenters. The minimum atomic E-state index is 0.0460. The molecule has 1 aromatic carbocycles. The molecule has 4 nitrogen and oxygen atoms in total. The zero-order valence-electron chi connectivity index (χ0n) is 15.7. The Morgan fingerprint density at radius 1 is 1.24 bits per heavy atom. The van der Waals surface area contributed by atoms with Crippen LogP contribution in [0, 0.1) is 5.92 Å². The fourth-order valence-electron chi connectivity index (χ4n) is 3.15. The van der Waals surface area contributed by atoms with Crippen molar-refractivity contribution in [2.75, 3.05) is 5.32 Å². The molecule has 1 aliphatic carbocycles. The van der Waals surface area contributed by atoms with E-state index in [1.54, 1.807) is 6.20 Å². The molecule has 0 spiro atoms. The van der Waals surface area contributed by atoms with Crippen LogP contribution in [0.25, 0.3) is 0 Å². The van der Waals surface area contributed by atoms with Crippen molar-refractivity contribution < 1.29 is 4.79 Å². The van der Waals surface area contributed by atoms with Crippen LogP contribution in [0.3, 0.4) is 0 Å². The lowest BCUT2D eigenvalue weighted by Crippen LogP contribution is -2.18. The maximum atomic E-state index is 12.3. The third-order valence-electron chi connectivity index (χ3n) is 5.09. The van der Waals surface area contributed by atoms with E-state index in [0.717, 1.165) is 12.2 Å². The number of amides is 1. The molecule has 0 bridgehead atoms. The van der Waals surface area contributed by atoms with E-state index in [1.165, 1.54) is 24.0 Å². The van der Waals surface area contributed by atoms with Gasteiger partial charge >= 0.3 is 0 Å². The van der Waals surface area contributed by atoms with E-state index in [4.69, 9.17) is 0 Å². The summed E-state index contributed by atoms with van der Waals surface area (Å²) in [5, 5.41) is 7.40. The van der Waals surface area contributed by atoms with Crippen molar-refractivity contribution in [2.24, 2.45) is 5.92 Å². The first-order valence-electron chi connectivity index (χ1n) is 9.27. The van der Waals surface area contributed by atoms with Gasteiger partial charge in [-0.25, -0.2) is 4.68 Å². The molecule has 0 radical (unpaired) electrons. The molecule has 1 aromatic heterocycles. The molecule has 0 saturated heterocycles. The number of hydrogen-bond acceptors (Lipinski definition) is 2. The zero-order chi connectivity index (χ0) is 18.0. The highest BCUT2D eigenvalue weighted by molar-refractivity contribution is 5.89. The Balaban J connectivity index is 1.54. The van der Waals surface area contributed by atoms with Crippen LogP contribution < -0.4 is 5.32 Å². The molecule has 1 N–H and O–H groups in total. The summed E-state index contributed by atoms with van der Waals surface area (Å²) in [5.74, 6) is 1.56. The normalized spacial score (nSPS) is 15.8. The SMILES string of the molecule is CC(C1CC1)n1nccc1NC(=O)CCc1ccc(C(C)(C)C)cc1. The van der Waals surface area contributed by atoms with Crippen molar-refractivity contribution >= 4 is 11.7 Å². The van der Waals surface area contributed by atoms with Crippen LogP contribution in [0.1, 0.15) is 64.1 Å². The van der Waals surface area contributed by atoms with Gasteiger partial charge in [0.15, 0.2) is 0 Å². The summed E-state index contributed by atoms with van der Waals surface area (Å²) in [5.41, 5.74) is 2.67. The Labute approximate surface area is 150 Å². The Kier molecular flexibility index (Phi) is 4.98. The second-order valence-corrected chi connectivity index (χ2v) is 8.23. The van der Waals surface area contributed by atoms with Crippen molar-refractivity contribution in [3.05, 3.63) is 47.7 Å². The Morgan fingerprint density at radius 3 is 2.52 bits per heavy atom. The zero-order valence-corrected chi connectivity index (χ0v) is 15.7. The van der Waals surface area contributed by atoms with Crippen LogP contribution in [0.4, 0.5) is 5.82 Å². The average Bonchev–Trinajstić information content (AvgIpc) is 3.32. The fraction of sp³-hybridized carbons (Fsp3) is 0.524. The van der Waals surface area contributed by atoms with Gasteiger partial charge in [0.25, 0.3) is 0 Å². The van der Waals surface area contributed by atoms with Crippen molar-refractivity contribution in [3.8, 4) is 0 Å². The second-order valence-electron chi connectivity index (χ2n) is 8.23. The maximum Gasteiger partial charge on any atom is 0.225 e. The number of carbonyl (C=O) groups excluding carboxylic acids is 1. The molecule has 1 amide bonds. The van der Waals surface area contributed by atoms with Crippen LogP contribution in [0.15, 0.2) is 36.5 Å². The minimum Gasteiger partial charge on any atom is -0.311 e. The molecule has 4 heteroatoms. The van der Waals surface area contributed by atoms with Crippen LogP contribution in [-0.2, 0) is 16.6 Å². The van der Waals surface area contributed by atoms with Crippen molar-refractivity contribution in [3.63, 3.8) is 0 Å². The standard InChI is InChI=1S/C21H29N3O/c1-15(17-8-9-17)24-19(13-14-22-24)23-20(25)12-7-16-5-10-18(11-6-16)21(2,3)4/h5-6,10-11,13-15,17H,7-9,12H2,1-4H3,(H,23,25). The number of carbonyl (C=O) groups is 1. The first kappa shape index (κ1) is 17.7. The number of aromatic nitrogens is 2. The summed E-state index contributed by atoms with van der Waals surface area (Å²) in [6.07, 6.45) is 5.53. The number of anilines is 1. The predicted molar refractivity (Wildman–Crippen MR) is 102 cm³/mol. The Hall–Kier alpha value is -2.10. The van der Waals surface area contributed by atoms with E-state index in [0.29, 0.717) is 18.4 Å². The Bertz CT molecular complexity index is 720. The number of nitrogens with zero attached hydrogens (tertiary/aromatic N) is 2. The third kappa shape index (κ3) is 4.50. The Morgan fingerprint density at radius 2 is 1.92 bits per heavy atom. The molecule has 134 valence electrons. The fourth-order valence-corrected chi connectivity index (χ4v) is 3.15. The van der Waals surface area contributed by atoms with E-state index in [9.17, 15) is 4.79 Å². The van der Waals surface area contributed by atoms with Gasteiger partial charge in [-0.15, -0.1) is 0 Å². The predicted octanol–water partition coefficient (Wildman–Crippen LogP) is 4.72. The van der Waals surface area contributed by atoms with Gasteiger partial charge in [-0.3, -0.25) is 4.79 Å². The molecule has 1 fully saturated rings. The summed E-state index contributed by atoms with van der Waals surface area (Å²) < 4.78 is 1.95. The van der Waals surface area contributed by atoms with E-state index in [1.807, 2.05) is 10.7 Å². The van der Waals surface area contributed by atoms with Gasteiger partial charge in [0.2, 0.25) is 5.91 Å². The highest BCUT2D eigenvalue weighted by Gasteiger charge is 2.30. The molecule has 1 aliphatic rings. The van der Waals surface area contributed by atoms with Gasteiger partial charge in [-0.1, -0.05) is 45.0 Å². The van der Waals surface area contributed by atoms with Crippen LogP contribution >= 0.6 is 0 Å². The monoisotopic (exact) mass is 339 g/mol. The second kappa shape index (κ2) is 7.03. The number of aryl methyl sites for hydroxylation is 1. The number of nitrogens with one attached hydrogen (secondary N) is 1. The van der Waals surface area contributed by atoms with Gasteiger partial charge in [-0.2, -0.15) is 5.10 Å². The summed E-state index contributed by atoms with van der Waals surface area (Å²) >= 11 is 0. The highest BCUT2D eigenvalue weighted by atomic mass is 16.1. The molecule has 25 heavy (non-hydrogen) atoms. The van der Waals surface area contributed by atoms with Crippen LogP contribution in [0.2, 0.25) is 0 Å². The number of benzene rings is 1. The third-order valence-corrected chi connectivity index (χ3v) is 5.09. The molecule has 0 aliphatic heterocycles. The average molecular weight is 339 g/mol. The van der Waals surface area contributed by atoms with Gasteiger partial charge in [0.05, 0.1) is 12.2 Å². The van der Waals surface area contributed by atoms with Crippen molar-refractivity contribution in [2.45, 2.75) is 64.8 Å². The van der Waals surface area contributed by atoms with Crippen LogP contribution in [-0.4, -0.2) is 15.7 Å². The van der Waals surface area contributed by atoms with Gasteiger partial charge < -0.3 is 5.32 Å².